The van der Waals surface area contributed by atoms with Gasteiger partial charge in [0.1, 0.15) is 11.0 Å². The molecule has 0 unspecified atom stereocenters. The molecule has 0 saturated heterocycles. The van der Waals surface area contributed by atoms with E-state index in [1.54, 1.807) is 0 Å². The van der Waals surface area contributed by atoms with Crippen LogP contribution in [0, 0.1) is 0 Å². The zero-order valence-electron chi connectivity index (χ0n) is 10.8. The highest BCUT2D eigenvalue weighted by Gasteiger charge is 2.05. The average molecular weight is 253 g/mol. The van der Waals surface area contributed by atoms with Gasteiger partial charge in [-0.15, -0.1) is 0 Å². The van der Waals surface area contributed by atoms with Crippen LogP contribution in [0.4, 0.5) is 0 Å². The molecule has 0 fully saturated rings. The predicted octanol–water partition coefficient (Wildman–Crippen LogP) is 0.904. The molecule has 0 aliphatic heterocycles. The summed E-state index contributed by atoms with van der Waals surface area (Å²) < 4.78 is 5.82. The summed E-state index contributed by atoms with van der Waals surface area (Å²) in [7, 11) is 1.91. The molecule has 1 N–H and O–H groups in total. The molecule has 0 atom stereocenters. The number of hydrogen-bond acceptors (Lipinski definition) is 3. The topological polar surface area (TPSA) is 42.2 Å². The Morgan fingerprint density at radius 2 is 2.11 bits per heavy atom. The minimum absolute atomic E-state index is 0.0483. The minimum Gasteiger partial charge on any atom is -0.456 e. The minimum atomic E-state index is 0.0483. The van der Waals surface area contributed by atoms with Crippen molar-refractivity contribution in [2.75, 3.05) is 13.6 Å². The fourth-order valence-electron chi connectivity index (χ4n) is 2.34. The maximum Gasteiger partial charge on any atom is 0.200 e. The van der Waals surface area contributed by atoms with Crippen LogP contribution < -0.4 is 21.4 Å². The standard InChI is InChI=1S/C16H15NO2/c1-17-10-11-6-8-13-15(9-7-11)19-14-5-3-2-4-12(14)16(13)18/h2-5,7-9,17H,6,10H2,1H3. The average Bonchev–Trinajstić information content (AvgIpc) is 2.63. The van der Waals surface area contributed by atoms with E-state index in [1.165, 1.54) is 5.57 Å². The van der Waals surface area contributed by atoms with Gasteiger partial charge < -0.3 is 9.73 Å². The Morgan fingerprint density at radius 3 is 2.95 bits per heavy atom. The van der Waals surface area contributed by atoms with E-state index in [-0.39, 0.29) is 5.43 Å². The predicted molar refractivity (Wildman–Crippen MR) is 77.3 cm³/mol. The zero-order chi connectivity index (χ0) is 13.2. The molecule has 1 aliphatic carbocycles. The van der Waals surface area contributed by atoms with Crippen LogP contribution in [0.5, 0.6) is 0 Å². The van der Waals surface area contributed by atoms with Crippen molar-refractivity contribution in [2.45, 2.75) is 6.42 Å². The highest BCUT2D eigenvalue weighted by Crippen LogP contribution is 2.07. The summed E-state index contributed by atoms with van der Waals surface area (Å²) in [6, 6.07) is 7.37. The van der Waals surface area contributed by atoms with Crippen LogP contribution in [-0.4, -0.2) is 13.6 Å². The first-order valence-electron chi connectivity index (χ1n) is 6.36. The van der Waals surface area contributed by atoms with Gasteiger partial charge in [0.2, 0.25) is 0 Å². The van der Waals surface area contributed by atoms with E-state index in [9.17, 15) is 4.79 Å². The number of para-hydroxylation sites is 1. The Balaban J connectivity index is 2.31. The third-order valence-corrected chi connectivity index (χ3v) is 3.30. The number of fused-ring (bicyclic) bond motifs is 2. The maximum atomic E-state index is 12.4. The first-order chi connectivity index (χ1) is 9.29. The van der Waals surface area contributed by atoms with Crippen molar-refractivity contribution < 1.29 is 4.42 Å². The van der Waals surface area contributed by atoms with E-state index in [1.807, 2.05) is 49.5 Å². The molecule has 3 nitrogen and oxygen atoms in total. The van der Waals surface area contributed by atoms with Gasteiger partial charge >= 0.3 is 0 Å². The van der Waals surface area contributed by atoms with Gasteiger partial charge in [-0.25, -0.2) is 0 Å². The van der Waals surface area contributed by atoms with Crippen molar-refractivity contribution in [2.24, 2.45) is 0 Å². The molecule has 1 aliphatic rings. The Hall–Kier alpha value is -2.13. The van der Waals surface area contributed by atoms with Crippen LogP contribution in [0.3, 0.4) is 0 Å². The number of nitrogens with one attached hydrogen (secondary N) is 1. The van der Waals surface area contributed by atoms with Crippen molar-refractivity contribution in [1.82, 2.24) is 5.32 Å². The number of benzene rings is 1. The monoisotopic (exact) mass is 253 g/mol. The highest BCUT2D eigenvalue weighted by atomic mass is 16.3. The van der Waals surface area contributed by atoms with E-state index >= 15 is 0 Å². The second kappa shape index (κ2) is 4.86. The highest BCUT2D eigenvalue weighted by molar-refractivity contribution is 5.76. The van der Waals surface area contributed by atoms with E-state index in [4.69, 9.17) is 4.42 Å². The molecule has 2 aromatic rings. The second-order valence-corrected chi connectivity index (χ2v) is 4.64. The first kappa shape index (κ1) is 11.9. The normalized spacial score (nSPS) is 14.1. The smallest absolute Gasteiger partial charge is 0.200 e. The fourth-order valence-corrected chi connectivity index (χ4v) is 2.34. The molecule has 96 valence electrons. The maximum absolute atomic E-state index is 12.4. The van der Waals surface area contributed by atoms with Crippen molar-refractivity contribution in [3.05, 3.63) is 56.8 Å². The zero-order valence-corrected chi connectivity index (χ0v) is 10.8. The third-order valence-electron chi connectivity index (χ3n) is 3.30. The lowest BCUT2D eigenvalue weighted by molar-refractivity contribution is 0.559. The summed E-state index contributed by atoms with van der Waals surface area (Å²) in [6.45, 7) is 0.814. The van der Waals surface area contributed by atoms with Crippen LogP contribution in [0.2, 0.25) is 0 Å². The van der Waals surface area contributed by atoms with Crippen LogP contribution in [0.1, 0.15) is 6.42 Å². The number of allylic oxidation sites excluding steroid dienone is 1. The molecule has 0 saturated carbocycles. The lowest BCUT2D eigenvalue weighted by atomic mass is 10.1. The fraction of sp³-hybridized carbons (Fsp3) is 0.188. The van der Waals surface area contributed by atoms with E-state index in [0.717, 1.165) is 13.0 Å². The molecular formula is C16H15NO2. The van der Waals surface area contributed by atoms with Crippen molar-refractivity contribution in [3.8, 4) is 0 Å². The van der Waals surface area contributed by atoms with E-state index in [2.05, 4.69) is 5.32 Å². The van der Waals surface area contributed by atoms with Crippen molar-refractivity contribution in [1.29, 1.82) is 0 Å². The SMILES string of the molecule is CNCC1=CC=c2oc3ccccc3c(=O)c2=CC1. The molecule has 1 aromatic heterocycles. The van der Waals surface area contributed by atoms with Crippen LogP contribution in [0.15, 0.2) is 45.1 Å². The summed E-state index contributed by atoms with van der Waals surface area (Å²) in [5.41, 5.74) is 2.57. The molecule has 1 heterocycles. The van der Waals surface area contributed by atoms with Gasteiger partial charge in [-0.3, -0.25) is 4.79 Å². The summed E-state index contributed by atoms with van der Waals surface area (Å²) in [5.74, 6) is 0. The lowest BCUT2D eigenvalue weighted by Crippen LogP contribution is -2.38. The molecule has 0 spiro atoms. The largest absolute Gasteiger partial charge is 0.456 e. The molecule has 0 radical (unpaired) electrons. The van der Waals surface area contributed by atoms with Crippen LogP contribution in [0.25, 0.3) is 23.1 Å². The molecular weight excluding hydrogens is 238 g/mol. The van der Waals surface area contributed by atoms with Gasteiger partial charge in [0.15, 0.2) is 5.43 Å². The van der Waals surface area contributed by atoms with Gasteiger partial charge in [-0.05, 0) is 31.7 Å². The van der Waals surface area contributed by atoms with E-state index in [0.29, 0.717) is 21.6 Å². The van der Waals surface area contributed by atoms with Gasteiger partial charge in [-0.1, -0.05) is 29.9 Å². The molecule has 0 bridgehead atoms. The second-order valence-electron chi connectivity index (χ2n) is 4.64. The Labute approximate surface area is 110 Å². The van der Waals surface area contributed by atoms with Gasteiger partial charge in [0.05, 0.1) is 10.6 Å². The van der Waals surface area contributed by atoms with Gasteiger partial charge in [0, 0.05) is 6.54 Å². The van der Waals surface area contributed by atoms with Crippen molar-refractivity contribution >= 4 is 23.1 Å². The van der Waals surface area contributed by atoms with E-state index < -0.39 is 0 Å². The third kappa shape index (κ3) is 2.13. The number of hydrogen-bond donors (Lipinski definition) is 1. The van der Waals surface area contributed by atoms with Gasteiger partial charge in [-0.2, -0.15) is 0 Å². The summed E-state index contributed by atoms with van der Waals surface area (Å²) in [5, 5.41) is 4.43. The molecule has 1 aromatic carbocycles. The molecule has 19 heavy (non-hydrogen) atoms. The quantitative estimate of drug-likeness (QED) is 0.865. The summed E-state index contributed by atoms with van der Waals surface area (Å²) >= 11 is 0. The Bertz CT molecular complexity index is 828. The molecule has 3 rings (SSSR count). The first-order valence-corrected chi connectivity index (χ1v) is 6.36. The Kier molecular flexibility index (Phi) is 3.05. The van der Waals surface area contributed by atoms with Crippen molar-refractivity contribution in [3.63, 3.8) is 0 Å². The van der Waals surface area contributed by atoms with Crippen LogP contribution in [-0.2, 0) is 0 Å². The van der Waals surface area contributed by atoms with Gasteiger partial charge in [0.25, 0.3) is 0 Å². The number of rotatable bonds is 2. The summed E-state index contributed by atoms with van der Waals surface area (Å²) in [4.78, 5) is 12.4. The Morgan fingerprint density at radius 1 is 1.26 bits per heavy atom. The summed E-state index contributed by atoms with van der Waals surface area (Å²) in [6.07, 6.45) is 6.64. The molecule has 0 amide bonds. The number of likely N-dealkylation sites (N-methyl/N-ethyl adjacent to an activating group) is 1. The van der Waals surface area contributed by atoms with Crippen LogP contribution >= 0.6 is 0 Å². The lowest BCUT2D eigenvalue weighted by Gasteiger charge is -2.00. The molecule has 3 heteroatoms.